The summed E-state index contributed by atoms with van der Waals surface area (Å²) in [4.78, 5) is 40.8. The molecule has 0 bridgehead atoms. The number of rotatable bonds is 6. The Morgan fingerprint density at radius 2 is 2.10 bits per heavy atom. The van der Waals surface area contributed by atoms with Crippen molar-refractivity contribution in [2.24, 2.45) is 0 Å². The second kappa shape index (κ2) is 7.43. The number of nitrogens with zero attached hydrogens (tertiary/aromatic N) is 2. The van der Waals surface area contributed by atoms with Crippen molar-refractivity contribution in [3.8, 4) is 5.88 Å². The molecular formula is C11H13N3O5S. The van der Waals surface area contributed by atoms with Gasteiger partial charge in [-0.1, -0.05) is 18.7 Å². The largest absolute Gasteiger partial charge is 0.479 e. The number of carboxylic acid groups (broad SMARTS) is 1. The SMILES string of the molecule is CCC(=O)CSc1ncnc(OC)c1NC(=O)C(=O)O. The van der Waals surface area contributed by atoms with Crippen LogP contribution >= 0.6 is 11.8 Å². The van der Waals surface area contributed by atoms with E-state index in [9.17, 15) is 14.4 Å². The molecule has 0 aromatic carbocycles. The average Bonchev–Trinajstić information content (AvgIpc) is 2.45. The molecule has 20 heavy (non-hydrogen) atoms. The van der Waals surface area contributed by atoms with Crippen molar-refractivity contribution < 1.29 is 24.2 Å². The van der Waals surface area contributed by atoms with Crippen LogP contribution in [0, 0.1) is 0 Å². The highest BCUT2D eigenvalue weighted by Crippen LogP contribution is 2.31. The fourth-order valence-corrected chi connectivity index (χ4v) is 2.05. The lowest BCUT2D eigenvalue weighted by atomic mass is 10.4. The Labute approximate surface area is 118 Å². The molecule has 0 unspecified atom stereocenters. The second-order valence-corrected chi connectivity index (χ2v) is 4.47. The van der Waals surface area contributed by atoms with Crippen LogP contribution in [-0.4, -0.2) is 45.6 Å². The van der Waals surface area contributed by atoms with Crippen LogP contribution in [-0.2, 0) is 14.4 Å². The molecule has 1 rings (SSSR count). The maximum absolute atomic E-state index is 11.3. The first-order valence-corrected chi connectivity index (χ1v) is 6.55. The van der Waals surface area contributed by atoms with Gasteiger partial charge in [-0.05, 0) is 0 Å². The lowest BCUT2D eigenvalue weighted by molar-refractivity contribution is -0.147. The molecule has 0 fully saturated rings. The summed E-state index contributed by atoms with van der Waals surface area (Å²) in [6.45, 7) is 1.73. The molecule has 1 heterocycles. The third kappa shape index (κ3) is 4.19. The van der Waals surface area contributed by atoms with Gasteiger partial charge >= 0.3 is 11.9 Å². The molecular weight excluding hydrogens is 286 g/mol. The maximum Gasteiger partial charge on any atom is 0.394 e. The molecule has 0 saturated carbocycles. The van der Waals surface area contributed by atoms with Crippen molar-refractivity contribution in [3.63, 3.8) is 0 Å². The molecule has 9 heteroatoms. The van der Waals surface area contributed by atoms with Gasteiger partial charge in [0.1, 0.15) is 22.8 Å². The Kier molecular flexibility index (Phi) is 5.91. The Balaban J connectivity index is 3.00. The van der Waals surface area contributed by atoms with Gasteiger partial charge in [-0.25, -0.2) is 9.78 Å². The fourth-order valence-electron chi connectivity index (χ4n) is 1.14. The first-order valence-electron chi connectivity index (χ1n) is 5.57. The van der Waals surface area contributed by atoms with Crippen molar-refractivity contribution in [3.05, 3.63) is 6.33 Å². The predicted octanol–water partition coefficient (Wildman–Crippen LogP) is 0.579. The molecule has 0 saturated heterocycles. The Morgan fingerprint density at radius 3 is 2.65 bits per heavy atom. The van der Waals surface area contributed by atoms with E-state index >= 15 is 0 Å². The van der Waals surface area contributed by atoms with Crippen LogP contribution in [0.2, 0.25) is 0 Å². The van der Waals surface area contributed by atoms with Crippen LogP contribution in [0.1, 0.15) is 13.3 Å². The number of thioether (sulfide) groups is 1. The standard InChI is InChI=1S/C11H13N3O5S/c1-3-6(15)4-20-10-7(14-8(16)11(17)18)9(19-2)12-5-13-10/h5H,3-4H2,1-2H3,(H,14,16)(H,17,18). The van der Waals surface area contributed by atoms with Crippen LogP contribution < -0.4 is 10.1 Å². The number of aromatic nitrogens is 2. The molecule has 108 valence electrons. The van der Waals surface area contributed by atoms with Crippen molar-refractivity contribution in [1.29, 1.82) is 0 Å². The van der Waals surface area contributed by atoms with Gasteiger partial charge in [-0.15, -0.1) is 0 Å². The summed E-state index contributed by atoms with van der Waals surface area (Å²) in [5.74, 6) is -2.69. The average molecular weight is 299 g/mol. The Hall–Kier alpha value is -2.16. The van der Waals surface area contributed by atoms with E-state index in [0.29, 0.717) is 6.42 Å². The lowest BCUT2D eigenvalue weighted by Gasteiger charge is -2.11. The van der Waals surface area contributed by atoms with E-state index in [4.69, 9.17) is 9.84 Å². The number of ketones is 1. The number of hydrogen-bond acceptors (Lipinski definition) is 7. The van der Waals surface area contributed by atoms with E-state index in [1.807, 2.05) is 0 Å². The number of anilines is 1. The van der Waals surface area contributed by atoms with Crippen LogP contribution in [0.5, 0.6) is 5.88 Å². The molecule has 0 aliphatic carbocycles. The molecule has 0 aliphatic rings. The highest BCUT2D eigenvalue weighted by atomic mass is 32.2. The molecule has 0 spiro atoms. The topological polar surface area (TPSA) is 118 Å². The molecule has 1 aromatic rings. The zero-order valence-corrected chi connectivity index (χ0v) is 11.7. The Bertz CT molecular complexity index is 535. The van der Waals surface area contributed by atoms with Gasteiger partial charge in [0.25, 0.3) is 0 Å². The number of ether oxygens (including phenoxy) is 1. The number of amides is 1. The first kappa shape index (κ1) is 15.9. The molecule has 2 N–H and O–H groups in total. The summed E-state index contributed by atoms with van der Waals surface area (Å²) in [6, 6.07) is 0. The van der Waals surface area contributed by atoms with E-state index in [0.717, 1.165) is 11.8 Å². The number of methoxy groups -OCH3 is 1. The number of Topliss-reactive ketones (excluding diaryl/α,β-unsaturated/α-hetero) is 1. The number of carbonyl (C=O) groups is 3. The molecule has 0 atom stereocenters. The molecule has 0 radical (unpaired) electrons. The quantitative estimate of drug-likeness (QED) is 0.445. The smallest absolute Gasteiger partial charge is 0.394 e. The minimum Gasteiger partial charge on any atom is -0.479 e. The normalized spacial score (nSPS) is 9.90. The van der Waals surface area contributed by atoms with Crippen molar-refractivity contribution in [1.82, 2.24) is 9.97 Å². The number of nitrogens with one attached hydrogen (secondary N) is 1. The van der Waals surface area contributed by atoms with E-state index in [-0.39, 0.29) is 28.1 Å². The molecule has 0 aliphatic heterocycles. The van der Waals surface area contributed by atoms with Gasteiger partial charge in [0, 0.05) is 6.42 Å². The van der Waals surface area contributed by atoms with Crippen LogP contribution in [0.15, 0.2) is 11.4 Å². The van der Waals surface area contributed by atoms with Gasteiger partial charge < -0.3 is 15.2 Å². The zero-order chi connectivity index (χ0) is 15.1. The first-order chi connectivity index (χ1) is 9.49. The third-order valence-corrected chi connectivity index (χ3v) is 3.22. The molecule has 8 nitrogen and oxygen atoms in total. The van der Waals surface area contributed by atoms with Gasteiger partial charge in [0.2, 0.25) is 5.88 Å². The van der Waals surface area contributed by atoms with Crippen molar-refractivity contribution >= 4 is 35.1 Å². The molecule has 1 amide bonds. The highest BCUT2D eigenvalue weighted by molar-refractivity contribution is 8.00. The van der Waals surface area contributed by atoms with Gasteiger partial charge in [-0.2, -0.15) is 4.98 Å². The summed E-state index contributed by atoms with van der Waals surface area (Å²) >= 11 is 1.07. The number of carboxylic acids is 1. The summed E-state index contributed by atoms with van der Waals surface area (Å²) < 4.78 is 4.94. The van der Waals surface area contributed by atoms with Gasteiger partial charge in [-0.3, -0.25) is 9.59 Å². The van der Waals surface area contributed by atoms with Crippen LogP contribution in [0.4, 0.5) is 5.69 Å². The highest BCUT2D eigenvalue weighted by Gasteiger charge is 2.19. The van der Waals surface area contributed by atoms with Gasteiger partial charge in [0.05, 0.1) is 12.9 Å². The molecule has 1 aromatic heterocycles. The summed E-state index contributed by atoms with van der Waals surface area (Å²) in [6.07, 6.45) is 1.58. The third-order valence-electron chi connectivity index (χ3n) is 2.17. The van der Waals surface area contributed by atoms with Crippen LogP contribution in [0.3, 0.4) is 0 Å². The summed E-state index contributed by atoms with van der Waals surface area (Å²) in [7, 11) is 1.32. The number of carbonyl (C=O) groups excluding carboxylic acids is 2. The maximum atomic E-state index is 11.3. The number of hydrogen-bond donors (Lipinski definition) is 2. The van der Waals surface area contributed by atoms with Crippen molar-refractivity contribution in [2.75, 3.05) is 18.2 Å². The van der Waals surface area contributed by atoms with E-state index in [1.54, 1.807) is 6.92 Å². The number of aliphatic carboxylic acids is 1. The van der Waals surface area contributed by atoms with E-state index in [2.05, 4.69) is 15.3 Å². The second-order valence-electron chi connectivity index (χ2n) is 3.50. The van der Waals surface area contributed by atoms with Gasteiger partial charge in [0.15, 0.2) is 0 Å². The Morgan fingerprint density at radius 1 is 1.40 bits per heavy atom. The van der Waals surface area contributed by atoms with E-state index in [1.165, 1.54) is 13.4 Å². The minimum atomic E-state index is -1.64. The summed E-state index contributed by atoms with van der Waals surface area (Å²) in [5, 5.41) is 11.0. The van der Waals surface area contributed by atoms with Crippen molar-refractivity contribution in [2.45, 2.75) is 18.4 Å². The minimum absolute atomic E-state index is 0.00286. The predicted molar refractivity (Wildman–Crippen MR) is 70.9 cm³/mol. The fraction of sp³-hybridized carbons (Fsp3) is 0.364. The summed E-state index contributed by atoms with van der Waals surface area (Å²) in [5.41, 5.74) is 0.0382. The van der Waals surface area contributed by atoms with Crippen LogP contribution in [0.25, 0.3) is 0 Å². The monoisotopic (exact) mass is 299 g/mol. The zero-order valence-electron chi connectivity index (χ0n) is 10.9. The van der Waals surface area contributed by atoms with E-state index < -0.39 is 11.9 Å². The lowest BCUT2D eigenvalue weighted by Crippen LogP contribution is -2.23.